The smallest absolute Gasteiger partial charge is 0.308 e. The lowest BCUT2D eigenvalue weighted by Crippen LogP contribution is -2.53. The summed E-state index contributed by atoms with van der Waals surface area (Å²) in [4.78, 5) is 71.8. The van der Waals surface area contributed by atoms with Crippen LogP contribution in [0.4, 0.5) is 0 Å². The highest BCUT2D eigenvalue weighted by atomic mass is 16.6. The summed E-state index contributed by atoms with van der Waals surface area (Å²) in [6.45, 7) is 3.68. The van der Waals surface area contributed by atoms with Gasteiger partial charge in [-0.25, -0.2) is 0 Å². The van der Waals surface area contributed by atoms with E-state index in [1.807, 2.05) is 60.8 Å². The Morgan fingerprint density at radius 1 is 0.980 bits per heavy atom. The molecule has 0 aliphatic carbocycles. The Bertz CT molecular complexity index is 1590. The number of carbonyl (C=O) groups is 5. The molecule has 0 bridgehead atoms. The van der Waals surface area contributed by atoms with Crippen LogP contribution in [0.2, 0.25) is 0 Å². The number of benzene rings is 2. The van der Waals surface area contributed by atoms with Crippen LogP contribution in [0.3, 0.4) is 0 Å². The van der Waals surface area contributed by atoms with E-state index in [-0.39, 0.29) is 55.3 Å². The highest BCUT2D eigenvalue weighted by Gasteiger charge is 2.35. The summed E-state index contributed by atoms with van der Waals surface area (Å²) in [6, 6.07) is 15.1. The van der Waals surface area contributed by atoms with E-state index in [0.29, 0.717) is 25.8 Å². The lowest BCUT2D eigenvalue weighted by atomic mass is 9.98. The second-order valence-corrected chi connectivity index (χ2v) is 13.0. The van der Waals surface area contributed by atoms with Gasteiger partial charge in [-0.2, -0.15) is 0 Å². The zero-order valence-corrected chi connectivity index (χ0v) is 28.9. The molecule has 2 aromatic carbocycles. The average molecular weight is 675 g/mol. The second-order valence-electron chi connectivity index (χ2n) is 13.0. The van der Waals surface area contributed by atoms with Crippen LogP contribution in [0.5, 0.6) is 0 Å². The fourth-order valence-electron chi connectivity index (χ4n) is 6.32. The number of likely N-dealkylation sites (N-methyl/N-ethyl adjacent to an activating group) is 2. The molecule has 5 atom stereocenters. The maximum atomic E-state index is 14.2. The van der Waals surface area contributed by atoms with Crippen molar-refractivity contribution in [2.24, 2.45) is 5.73 Å². The first-order valence-corrected chi connectivity index (χ1v) is 17.0. The third-order valence-corrected chi connectivity index (χ3v) is 9.42. The fourth-order valence-corrected chi connectivity index (χ4v) is 6.32. The zero-order valence-electron chi connectivity index (χ0n) is 28.9. The van der Waals surface area contributed by atoms with Gasteiger partial charge in [0.1, 0.15) is 12.1 Å². The van der Waals surface area contributed by atoms with Gasteiger partial charge in [0.2, 0.25) is 23.6 Å². The number of esters is 1. The van der Waals surface area contributed by atoms with E-state index in [1.165, 1.54) is 11.8 Å². The molecule has 5 N–H and O–H groups in total. The number of aromatic nitrogens is 1. The first kappa shape index (κ1) is 37.1. The SMILES string of the molecule is CC(=O)N(C)[C@H](CC(=O)N(C)[C@H](Cc1c[nH]c2ccccc12)C(=O)N[C@@H](CCCCN)CC(=O)N[C@@H]1CC(=O)O[C@@H]1C)Cc1ccccc1. The number of rotatable bonds is 17. The normalized spacial score (nSPS) is 17.5. The molecule has 3 aromatic rings. The molecular weight excluding hydrogens is 624 g/mol. The minimum atomic E-state index is -0.910. The molecule has 1 aromatic heterocycles. The third kappa shape index (κ3) is 10.4. The van der Waals surface area contributed by atoms with Crippen molar-refractivity contribution in [2.75, 3.05) is 20.6 Å². The van der Waals surface area contributed by atoms with Crippen molar-refractivity contribution in [3.63, 3.8) is 0 Å². The van der Waals surface area contributed by atoms with E-state index in [2.05, 4.69) is 15.6 Å². The van der Waals surface area contributed by atoms with Gasteiger partial charge < -0.3 is 35.9 Å². The van der Waals surface area contributed by atoms with Crippen LogP contribution in [0.1, 0.15) is 63.5 Å². The Kier molecular flexibility index (Phi) is 13.3. The van der Waals surface area contributed by atoms with Crippen LogP contribution in [0.25, 0.3) is 10.9 Å². The van der Waals surface area contributed by atoms with Crippen molar-refractivity contribution < 1.29 is 28.7 Å². The quantitative estimate of drug-likeness (QED) is 0.126. The predicted molar refractivity (Wildman–Crippen MR) is 187 cm³/mol. The zero-order chi connectivity index (χ0) is 35.5. The van der Waals surface area contributed by atoms with Crippen molar-refractivity contribution in [3.05, 3.63) is 71.9 Å². The number of fused-ring (bicyclic) bond motifs is 1. The average Bonchev–Trinajstić information content (AvgIpc) is 3.63. The molecule has 12 nitrogen and oxygen atoms in total. The standard InChI is InChI=1S/C37H50N6O6/c1-24-32(22-36(47)49-24)41-34(45)20-28(14-10-11-17-38)40-37(48)33(19-27-23-39-31-16-9-8-15-30(27)31)43(4)35(46)21-29(42(3)25(2)44)18-26-12-6-5-7-13-26/h5-9,12-13,15-16,23-24,28-29,32-33,39H,10-11,14,17-22,38H2,1-4H3,(H,40,48)(H,41,45)/t24-,28+,29+,32-,33-/m1/s1. The van der Waals surface area contributed by atoms with E-state index in [0.717, 1.165) is 28.5 Å². The third-order valence-electron chi connectivity index (χ3n) is 9.42. The van der Waals surface area contributed by atoms with Gasteiger partial charge in [0.05, 0.1) is 12.5 Å². The molecule has 1 aliphatic heterocycles. The van der Waals surface area contributed by atoms with Crippen LogP contribution >= 0.6 is 0 Å². The number of aromatic amines is 1. The maximum Gasteiger partial charge on any atom is 0.308 e. The fraction of sp³-hybridized carbons (Fsp3) is 0.486. The maximum absolute atomic E-state index is 14.2. The first-order chi connectivity index (χ1) is 23.5. The van der Waals surface area contributed by atoms with Crippen molar-refractivity contribution in [2.45, 2.75) is 95.5 Å². The number of nitrogens with two attached hydrogens (primary N) is 1. The van der Waals surface area contributed by atoms with Crippen molar-refractivity contribution in [1.29, 1.82) is 0 Å². The van der Waals surface area contributed by atoms with Crippen molar-refractivity contribution in [1.82, 2.24) is 25.4 Å². The van der Waals surface area contributed by atoms with Gasteiger partial charge >= 0.3 is 5.97 Å². The molecular formula is C37H50N6O6. The molecule has 2 heterocycles. The molecule has 4 amide bonds. The van der Waals surface area contributed by atoms with Crippen molar-refractivity contribution in [3.8, 4) is 0 Å². The molecule has 264 valence electrons. The van der Waals surface area contributed by atoms with Crippen LogP contribution in [-0.4, -0.2) is 95.3 Å². The molecule has 1 saturated heterocycles. The van der Waals surface area contributed by atoms with E-state index in [1.54, 1.807) is 25.9 Å². The first-order valence-electron chi connectivity index (χ1n) is 17.0. The highest BCUT2D eigenvalue weighted by Crippen LogP contribution is 2.22. The van der Waals surface area contributed by atoms with Gasteiger partial charge in [-0.15, -0.1) is 0 Å². The number of H-pyrrole nitrogens is 1. The molecule has 0 saturated carbocycles. The van der Waals surface area contributed by atoms with Gasteiger partial charge in [-0.1, -0.05) is 55.0 Å². The number of hydrogen-bond donors (Lipinski definition) is 4. The lowest BCUT2D eigenvalue weighted by molar-refractivity contribution is -0.141. The van der Waals surface area contributed by atoms with Crippen LogP contribution in [-0.2, 0) is 41.6 Å². The summed E-state index contributed by atoms with van der Waals surface area (Å²) in [5, 5.41) is 6.90. The number of para-hydroxylation sites is 1. The number of carbonyl (C=O) groups excluding carboxylic acids is 5. The Morgan fingerprint density at radius 2 is 1.69 bits per heavy atom. The molecule has 4 rings (SSSR count). The van der Waals surface area contributed by atoms with Crippen LogP contribution in [0, 0.1) is 0 Å². The number of cyclic esters (lactones) is 1. The Labute approximate surface area is 288 Å². The van der Waals surface area contributed by atoms with E-state index >= 15 is 0 Å². The van der Waals surface area contributed by atoms with Crippen LogP contribution < -0.4 is 16.4 Å². The molecule has 0 spiro atoms. The van der Waals surface area contributed by atoms with Gasteiger partial charge in [0.25, 0.3) is 0 Å². The second kappa shape index (κ2) is 17.6. The van der Waals surface area contributed by atoms with Crippen LogP contribution in [0.15, 0.2) is 60.8 Å². The number of nitrogens with zero attached hydrogens (tertiary/aromatic N) is 2. The minimum absolute atomic E-state index is 0.00621. The largest absolute Gasteiger partial charge is 0.460 e. The molecule has 0 radical (unpaired) electrons. The summed E-state index contributed by atoms with van der Waals surface area (Å²) in [5.74, 6) is -1.50. The molecule has 0 unspecified atom stereocenters. The number of amides is 4. The number of ether oxygens (including phenoxy) is 1. The summed E-state index contributed by atoms with van der Waals surface area (Å²) >= 11 is 0. The lowest BCUT2D eigenvalue weighted by Gasteiger charge is -2.33. The predicted octanol–water partition coefficient (Wildman–Crippen LogP) is 2.84. The van der Waals surface area contributed by atoms with E-state index < -0.39 is 30.3 Å². The van der Waals surface area contributed by atoms with Crippen molar-refractivity contribution >= 4 is 40.5 Å². The van der Waals surface area contributed by atoms with Gasteiger partial charge in [-0.05, 0) is 49.9 Å². The Morgan fingerprint density at radius 3 is 2.37 bits per heavy atom. The van der Waals surface area contributed by atoms with E-state index in [4.69, 9.17) is 10.5 Å². The highest BCUT2D eigenvalue weighted by molar-refractivity contribution is 5.90. The minimum Gasteiger partial charge on any atom is -0.460 e. The Balaban J connectivity index is 1.56. The van der Waals surface area contributed by atoms with Gasteiger partial charge in [0.15, 0.2) is 0 Å². The molecule has 12 heteroatoms. The molecule has 49 heavy (non-hydrogen) atoms. The topological polar surface area (TPSA) is 167 Å². The summed E-state index contributed by atoms with van der Waals surface area (Å²) < 4.78 is 5.17. The van der Waals surface area contributed by atoms with E-state index in [9.17, 15) is 24.0 Å². The Hall–Kier alpha value is -4.71. The molecule has 1 fully saturated rings. The van der Waals surface area contributed by atoms with Gasteiger partial charge in [0, 0.05) is 69.5 Å². The monoisotopic (exact) mass is 674 g/mol. The number of unbranched alkanes of at least 4 members (excludes halogenated alkanes) is 1. The number of hydrogen-bond acceptors (Lipinski definition) is 7. The summed E-state index contributed by atoms with van der Waals surface area (Å²) in [5.41, 5.74) is 8.52. The molecule has 1 aliphatic rings. The summed E-state index contributed by atoms with van der Waals surface area (Å²) in [7, 11) is 3.30. The summed E-state index contributed by atoms with van der Waals surface area (Å²) in [6.07, 6.45) is 4.14. The van der Waals surface area contributed by atoms with Gasteiger partial charge in [-0.3, -0.25) is 24.0 Å². The number of nitrogens with one attached hydrogen (secondary N) is 3.